The Labute approximate surface area is 164 Å². The van der Waals surface area contributed by atoms with Crippen LogP contribution in [0.15, 0.2) is 48.8 Å². The van der Waals surface area contributed by atoms with Crippen LogP contribution in [0.2, 0.25) is 0 Å². The number of anilines is 2. The van der Waals surface area contributed by atoms with Crippen LogP contribution < -0.4 is 15.1 Å². The maximum atomic E-state index is 12.7. The molecule has 1 aromatic carbocycles. The average Bonchev–Trinajstić information content (AvgIpc) is 3.15. The Morgan fingerprint density at radius 2 is 1.93 bits per heavy atom. The smallest absolute Gasteiger partial charge is 0.227 e. The normalized spacial score (nSPS) is 19.7. The van der Waals surface area contributed by atoms with Crippen molar-refractivity contribution in [2.45, 2.75) is 13.0 Å². The van der Waals surface area contributed by atoms with Crippen molar-refractivity contribution in [1.29, 1.82) is 0 Å². The molecule has 2 saturated heterocycles. The molecule has 2 aromatic rings. The van der Waals surface area contributed by atoms with E-state index in [4.69, 9.17) is 4.74 Å². The molecule has 0 bridgehead atoms. The Kier molecular flexibility index (Phi) is 5.53. The highest BCUT2D eigenvalue weighted by Crippen LogP contribution is 2.34. The van der Waals surface area contributed by atoms with E-state index in [0.717, 1.165) is 30.0 Å². The Bertz CT molecular complexity index is 837. The molecule has 0 radical (unpaired) electrons. The van der Waals surface area contributed by atoms with Gasteiger partial charge in [0.05, 0.1) is 30.5 Å². The maximum Gasteiger partial charge on any atom is 0.227 e. The second kappa shape index (κ2) is 8.39. The number of para-hydroxylation sites is 2. The number of carbonyl (C=O) groups excluding carboxylic acids is 2. The van der Waals surface area contributed by atoms with Crippen LogP contribution in [-0.4, -0.2) is 49.6 Å². The molecule has 0 aliphatic carbocycles. The van der Waals surface area contributed by atoms with Gasteiger partial charge in [-0.3, -0.25) is 14.6 Å². The van der Waals surface area contributed by atoms with Crippen molar-refractivity contribution >= 4 is 23.2 Å². The second-order valence-corrected chi connectivity index (χ2v) is 7.07. The largest absolute Gasteiger partial charge is 0.378 e. The van der Waals surface area contributed by atoms with Crippen LogP contribution in [0, 0.1) is 5.92 Å². The van der Waals surface area contributed by atoms with Crippen molar-refractivity contribution in [1.82, 2.24) is 10.3 Å². The predicted molar refractivity (Wildman–Crippen MR) is 106 cm³/mol. The van der Waals surface area contributed by atoms with Crippen molar-refractivity contribution in [3.8, 4) is 0 Å². The highest BCUT2D eigenvalue weighted by Gasteiger charge is 2.36. The average molecular weight is 380 g/mol. The van der Waals surface area contributed by atoms with Gasteiger partial charge < -0.3 is 19.9 Å². The van der Waals surface area contributed by atoms with Crippen molar-refractivity contribution in [3.05, 3.63) is 54.4 Å². The van der Waals surface area contributed by atoms with Gasteiger partial charge in [-0.15, -0.1) is 0 Å². The van der Waals surface area contributed by atoms with Crippen LogP contribution in [0.4, 0.5) is 11.4 Å². The monoisotopic (exact) mass is 380 g/mol. The number of morpholine rings is 1. The fourth-order valence-corrected chi connectivity index (χ4v) is 3.72. The molecule has 1 N–H and O–H groups in total. The lowest BCUT2D eigenvalue weighted by molar-refractivity contribution is -0.126. The topological polar surface area (TPSA) is 74.8 Å². The molecule has 7 nitrogen and oxygen atoms in total. The minimum Gasteiger partial charge on any atom is -0.378 e. The number of nitrogens with one attached hydrogen (secondary N) is 1. The Morgan fingerprint density at radius 1 is 1.14 bits per heavy atom. The number of hydrogen-bond donors (Lipinski definition) is 1. The zero-order chi connectivity index (χ0) is 19.3. The third kappa shape index (κ3) is 3.99. The third-order valence-corrected chi connectivity index (χ3v) is 5.21. The van der Waals surface area contributed by atoms with E-state index in [9.17, 15) is 9.59 Å². The number of pyridine rings is 1. The lowest BCUT2D eigenvalue weighted by Gasteiger charge is -2.32. The summed E-state index contributed by atoms with van der Waals surface area (Å²) in [5.74, 6) is -0.451. The molecule has 1 aromatic heterocycles. The van der Waals surface area contributed by atoms with Gasteiger partial charge in [0.15, 0.2) is 0 Å². The molecule has 2 fully saturated rings. The van der Waals surface area contributed by atoms with Crippen molar-refractivity contribution in [2.75, 3.05) is 42.6 Å². The van der Waals surface area contributed by atoms with Gasteiger partial charge in [-0.05, 0) is 23.8 Å². The Morgan fingerprint density at radius 3 is 2.68 bits per heavy atom. The fraction of sp³-hybridized carbons (Fsp3) is 0.381. The summed E-state index contributed by atoms with van der Waals surface area (Å²) in [6, 6.07) is 11.7. The molecule has 1 atom stereocenters. The minimum absolute atomic E-state index is 0.0118. The Hall–Kier alpha value is -2.93. The van der Waals surface area contributed by atoms with Gasteiger partial charge in [0, 0.05) is 45.0 Å². The summed E-state index contributed by atoms with van der Waals surface area (Å²) in [7, 11) is 0. The zero-order valence-electron chi connectivity index (χ0n) is 15.7. The summed E-state index contributed by atoms with van der Waals surface area (Å²) in [5, 5.41) is 2.93. The lowest BCUT2D eigenvalue weighted by atomic mass is 10.1. The van der Waals surface area contributed by atoms with Gasteiger partial charge in [0.2, 0.25) is 11.8 Å². The van der Waals surface area contributed by atoms with Crippen molar-refractivity contribution < 1.29 is 14.3 Å². The summed E-state index contributed by atoms with van der Waals surface area (Å²) in [6.07, 6.45) is 3.66. The molecule has 146 valence electrons. The van der Waals surface area contributed by atoms with Crippen LogP contribution in [0.1, 0.15) is 12.0 Å². The van der Waals surface area contributed by atoms with Gasteiger partial charge in [0.1, 0.15) is 0 Å². The van der Waals surface area contributed by atoms with Gasteiger partial charge >= 0.3 is 0 Å². The summed E-state index contributed by atoms with van der Waals surface area (Å²) >= 11 is 0. The van der Waals surface area contributed by atoms with Crippen LogP contribution in [0.3, 0.4) is 0 Å². The third-order valence-electron chi connectivity index (χ3n) is 5.21. The maximum absolute atomic E-state index is 12.7. The SMILES string of the molecule is O=C(NCc1cccnc1)C1CC(=O)N(c2ccccc2N2CCOCC2)C1. The molecule has 0 saturated carbocycles. The molecule has 28 heavy (non-hydrogen) atoms. The summed E-state index contributed by atoms with van der Waals surface area (Å²) < 4.78 is 5.44. The standard InChI is InChI=1S/C21H24N4O3/c26-20-12-17(21(27)23-14-16-4-3-7-22-13-16)15-25(20)19-6-2-1-5-18(19)24-8-10-28-11-9-24/h1-7,13,17H,8-12,14-15H2,(H,23,27). The first-order valence-electron chi connectivity index (χ1n) is 9.61. The van der Waals surface area contributed by atoms with Gasteiger partial charge in [-0.2, -0.15) is 0 Å². The lowest BCUT2D eigenvalue weighted by Crippen LogP contribution is -2.38. The Balaban J connectivity index is 1.44. The molecule has 2 amide bonds. The van der Waals surface area contributed by atoms with E-state index in [2.05, 4.69) is 15.2 Å². The van der Waals surface area contributed by atoms with Crippen LogP contribution in [0.5, 0.6) is 0 Å². The molecule has 4 rings (SSSR count). The minimum atomic E-state index is -0.345. The van der Waals surface area contributed by atoms with Crippen LogP contribution >= 0.6 is 0 Å². The van der Waals surface area contributed by atoms with E-state index in [1.807, 2.05) is 36.4 Å². The number of carbonyl (C=O) groups is 2. The molecule has 3 heterocycles. The number of benzene rings is 1. The number of nitrogens with zero attached hydrogens (tertiary/aromatic N) is 3. The highest BCUT2D eigenvalue weighted by molar-refractivity contribution is 6.02. The highest BCUT2D eigenvalue weighted by atomic mass is 16.5. The fourth-order valence-electron chi connectivity index (χ4n) is 3.72. The van der Waals surface area contributed by atoms with E-state index in [-0.39, 0.29) is 24.2 Å². The van der Waals surface area contributed by atoms with E-state index in [1.165, 1.54) is 0 Å². The van der Waals surface area contributed by atoms with E-state index in [0.29, 0.717) is 26.3 Å². The predicted octanol–water partition coefficient (Wildman–Crippen LogP) is 1.59. The number of ether oxygens (including phenoxy) is 1. The van der Waals surface area contributed by atoms with E-state index < -0.39 is 0 Å². The molecule has 0 spiro atoms. The van der Waals surface area contributed by atoms with Crippen LogP contribution in [-0.2, 0) is 20.9 Å². The first-order chi connectivity index (χ1) is 13.7. The number of amides is 2. The zero-order valence-corrected chi connectivity index (χ0v) is 15.7. The number of rotatable bonds is 5. The van der Waals surface area contributed by atoms with Crippen molar-refractivity contribution in [2.24, 2.45) is 5.92 Å². The van der Waals surface area contributed by atoms with Gasteiger partial charge in [-0.25, -0.2) is 0 Å². The summed E-state index contributed by atoms with van der Waals surface area (Å²) in [6.45, 7) is 3.78. The van der Waals surface area contributed by atoms with Gasteiger partial charge in [-0.1, -0.05) is 18.2 Å². The molecule has 2 aliphatic heterocycles. The quantitative estimate of drug-likeness (QED) is 0.853. The molecular weight excluding hydrogens is 356 g/mol. The molecular formula is C21H24N4O3. The summed E-state index contributed by atoms with van der Waals surface area (Å²) in [4.78, 5) is 33.3. The van der Waals surface area contributed by atoms with E-state index >= 15 is 0 Å². The molecule has 2 aliphatic rings. The second-order valence-electron chi connectivity index (χ2n) is 7.07. The van der Waals surface area contributed by atoms with Gasteiger partial charge in [0.25, 0.3) is 0 Å². The van der Waals surface area contributed by atoms with E-state index in [1.54, 1.807) is 17.3 Å². The first-order valence-corrected chi connectivity index (χ1v) is 9.61. The molecule has 7 heteroatoms. The van der Waals surface area contributed by atoms with Crippen LogP contribution in [0.25, 0.3) is 0 Å². The summed E-state index contributed by atoms with van der Waals surface area (Å²) in [5.41, 5.74) is 2.84. The number of aromatic nitrogens is 1. The number of hydrogen-bond acceptors (Lipinski definition) is 5. The molecule has 1 unspecified atom stereocenters. The first kappa shape index (κ1) is 18.4. The van der Waals surface area contributed by atoms with Crippen molar-refractivity contribution in [3.63, 3.8) is 0 Å².